The fourth-order valence-corrected chi connectivity index (χ4v) is 2.48. The van der Waals surface area contributed by atoms with Gasteiger partial charge >= 0.3 is 0 Å². The molecule has 0 unspecified atom stereocenters. The number of nitrogens with zero attached hydrogens (tertiary/aromatic N) is 2. The first-order chi connectivity index (χ1) is 7.89. The Morgan fingerprint density at radius 2 is 2.06 bits per heavy atom. The molecule has 4 N–H and O–H groups in total. The van der Waals surface area contributed by atoms with Gasteiger partial charge in [0.25, 0.3) is 0 Å². The van der Waals surface area contributed by atoms with E-state index in [0.29, 0.717) is 5.69 Å². The van der Waals surface area contributed by atoms with Crippen LogP contribution in [0.5, 0.6) is 0 Å². The largest absolute Gasteiger partial charge is 0.396 e. The molecule has 1 aromatic heterocycles. The number of hydrogen-bond donors (Lipinski definition) is 2. The Morgan fingerprint density at radius 3 is 2.59 bits per heavy atom. The van der Waals surface area contributed by atoms with Crippen molar-refractivity contribution in [2.24, 2.45) is 5.14 Å². The molecule has 0 amide bonds. The van der Waals surface area contributed by atoms with E-state index >= 15 is 0 Å². The lowest BCUT2D eigenvalue weighted by molar-refractivity contribution is 0.598. The summed E-state index contributed by atoms with van der Waals surface area (Å²) in [6.07, 6.45) is 3.38. The van der Waals surface area contributed by atoms with Gasteiger partial charge in [-0.15, -0.1) is 0 Å². The summed E-state index contributed by atoms with van der Waals surface area (Å²) in [4.78, 5) is -0.0968. The van der Waals surface area contributed by atoms with Crippen LogP contribution in [0.25, 0.3) is 5.69 Å². The minimum atomic E-state index is -3.83. The first kappa shape index (κ1) is 12.3. The molecule has 0 aliphatic rings. The second-order valence-electron chi connectivity index (χ2n) is 3.34. The smallest absolute Gasteiger partial charge is 0.240 e. The van der Waals surface area contributed by atoms with E-state index in [1.165, 1.54) is 10.7 Å². The zero-order valence-corrected chi connectivity index (χ0v) is 11.5. The Bertz CT molecular complexity index is 665. The molecule has 1 heterocycles. The predicted octanol–water partition coefficient (Wildman–Crippen LogP) is 0.707. The number of aromatic nitrogens is 2. The molecule has 0 aliphatic heterocycles. The van der Waals surface area contributed by atoms with E-state index in [2.05, 4.69) is 27.7 Å². The van der Waals surface area contributed by atoms with Crippen molar-refractivity contribution in [3.8, 4) is 5.69 Å². The highest BCUT2D eigenvalue weighted by atomic mass is 127. The third-order valence-electron chi connectivity index (χ3n) is 2.15. The summed E-state index contributed by atoms with van der Waals surface area (Å²) in [7, 11) is -3.83. The van der Waals surface area contributed by atoms with Crippen molar-refractivity contribution in [3.05, 3.63) is 34.2 Å². The molecule has 0 saturated heterocycles. The number of sulfonamides is 1. The highest BCUT2D eigenvalue weighted by molar-refractivity contribution is 14.1. The number of hydrogen-bond acceptors (Lipinski definition) is 4. The molecule has 0 aliphatic carbocycles. The summed E-state index contributed by atoms with van der Waals surface area (Å²) in [5, 5.41) is 9.13. The number of primary sulfonamides is 1. The molecule has 0 radical (unpaired) electrons. The van der Waals surface area contributed by atoms with Crippen LogP contribution in [0, 0.1) is 3.57 Å². The molecule has 6 nitrogen and oxygen atoms in total. The van der Waals surface area contributed by atoms with Gasteiger partial charge in [0.15, 0.2) is 0 Å². The van der Waals surface area contributed by atoms with E-state index in [4.69, 9.17) is 10.9 Å². The van der Waals surface area contributed by atoms with Crippen LogP contribution in [0.2, 0.25) is 0 Å². The first-order valence-corrected chi connectivity index (χ1v) is 7.14. The predicted molar refractivity (Wildman–Crippen MR) is 72.1 cm³/mol. The van der Waals surface area contributed by atoms with Gasteiger partial charge in [-0.05, 0) is 34.7 Å². The molecule has 0 fully saturated rings. The SMILES string of the molecule is Nc1c(-n2cc(I)cn2)cccc1S(N)(=O)=O. The number of halogens is 1. The molecule has 17 heavy (non-hydrogen) atoms. The minimum Gasteiger partial charge on any atom is -0.396 e. The second-order valence-corrected chi connectivity index (χ2v) is 6.11. The quantitative estimate of drug-likeness (QED) is 0.605. The van der Waals surface area contributed by atoms with Crippen molar-refractivity contribution in [2.75, 3.05) is 5.73 Å². The Morgan fingerprint density at radius 1 is 1.35 bits per heavy atom. The average Bonchev–Trinajstić information content (AvgIpc) is 2.63. The normalized spacial score (nSPS) is 11.6. The molecular formula is C9H9IN4O2S. The highest BCUT2D eigenvalue weighted by Gasteiger charge is 2.15. The molecule has 2 aromatic rings. The fourth-order valence-electron chi connectivity index (χ4n) is 1.41. The van der Waals surface area contributed by atoms with Crippen LogP contribution >= 0.6 is 22.6 Å². The van der Waals surface area contributed by atoms with Crippen LogP contribution in [0.15, 0.2) is 35.5 Å². The maximum absolute atomic E-state index is 11.3. The van der Waals surface area contributed by atoms with E-state index in [1.807, 2.05) is 0 Å². The van der Waals surface area contributed by atoms with Crippen LogP contribution < -0.4 is 10.9 Å². The fraction of sp³-hybridized carbons (Fsp3) is 0. The van der Waals surface area contributed by atoms with Crippen LogP contribution in [-0.4, -0.2) is 18.2 Å². The lowest BCUT2D eigenvalue weighted by Gasteiger charge is -2.09. The summed E-state index contributed by atoms with van der Waals surface area (Å²) in [6, 6.07) is 4.61. The van der Waals surface area contributed by atoms with Crippen LogP contribution in [0.3, 0.4) is 0 Å². The lowest BCUT2D eigenvalue weighted by atomic mass is 10.3. The van der Waals surface area contributed by atoms with E-state index in [-0.39, 0.29) is 10.6 Å². The topological polar surface area (TPSA) is 104 Å². The van der Waals surface area contributed by atoms with Crippen molar-refractivity contribution in [1.82, 2.24) is 9.78 Å². The summed E-state index contributed by atoms with van der Waals surface area (Å²) in [5.41, 5.74) is 6.37. The molecular weight excluding hydrogens is 355 g/mol. The molecule has 8 heteroatoms. The first-order valence-electron chi connectivity index (χ1n) is 4.51. The summed E-state index contributed by atoms with van der Waals surface area (Å²) < 4.78 is 25.0. The minimum absolute atomic E-state index is 0.0921. The third-order valence-corrected chi connectivity index (χ3v) is 3.67. The number of benzene rings is 1. The van der Waals surface area contributed by atoms with Gasteiger partial charge in [0.1, 0.15) is 4.90 Å². The molecule has 1 aromatic carbocycles. The maximum atomic E-state index is 11.3. The van der Waals surface area contributed by atoms with Gasteiger partial charge in [-0.2, -0.15) is 5.10 Å². The zero-order valence-electron chi connectivity index (χ0n) is 8.54. The van der Waals surface area contributed by atoms with Gasteiger partial charge in [-0.25, -0.2) is 18.2 Å². The Labute approximate surface area is 112 Å². The van der Waals surface area contributed by atoms with E-state index in [0.717, 1.165) is 3.57 Å². The van der Waals surface area contributed by atoms with Crippen molar-refractivity contribution in [3.63, 3.8) is 0 Å². The number of nitrogen functional groups attached to an aromatic ring is 1. The van der Waals surface area contributed by atoms with Gasteiger partial charge in [0, 0.05) is 6.20 Å². The number of nitrogens with two attached hydrogens (primary N) is 2. The molecule has 0 saturated carbocycles. The van der Waals surface area contributed by atoms with Gasteiger partial charge in [0.2, 0.25) is 10.0 Å². The Balaban J connectivity index is 2.65. The molecule has 0 spiro atoms. The lowest BCUT2D eigenvalue weighted by Crippen LogP contribution is -2.15. The number of rotatable bonds is 2. The van der Waals surface area contributed by atoms with Crippen LogP contribution in [-0.2, 0) is 10.0 Å². The number of para-hydroxylation sites is 1. The molecule has 90 valence electrons. The van der Waals surface area contributed by atoms with Crippen molar-refractivity contribution < 1.29 is 8.42 Å². The summed E-state index contributed by atoms with van der Waals surface area (Å²) in [5.74, 6) is 0. The zero-order chi connectivity index (χ0) is 12.6. The van der Waals surface area contributed by atoms with Gasteiger partial charge in [-0.1, -0.05) is 6.07 Å². The van der Waals surface area contributed by atoms with Gasteiger partial charge in [0.05, 0.1) is 21.1 Å². The molecule has 2 rings (SSSR count). The van der Waals surface area contributed by atoms with Gasteiger partial charge < -0.3 is 5.73 Å². The highest BCUT2D eigenvalue weighted by Crippen LogP contribution is 2.24. The number of anilines is 1. The standard InChI is InChI=1S/C9H9IN4O2S/c10-6-4-13-14(5-6)7-2-1-3-8(9(7)11)17(12,15)16/h1-5H,11H2,(H2,12,15,16). The van der Waals surface area contributed by atoms with Crippen LogP contribution in [0.4, 0.5) is 5.69 Å². The van der Waals surface area contributed by atoms with E-state index < -0.39 is 10.0 Å². The van der Waals surface area contributed by atoms with Gasteiger partial charge in [-0.3, -0.25) is 0 Å². The van der Waals surface area contributed by atoms with Crippen molar-refractivity contribution >= 4 is 38.3 Å². The van der Waals surface area contributed by atoms with Crippen molar-refractivity contribution in [1.29, 1.82) is 0 Å². The summed E-state index contributed by atoms with van der Waals surface area (Å²) >= 11 is 2.10. The Hall–Kier alpha value is -1.13. The third kappa shape index (κ3) is 2.42. The maximum Gasteiger partial charge on any atom is 0.240 e. The molecule has 0 atom stereocenters. The van der Waals surface area contributed by atoms with E-state index in [9.17, 15) is 8.42 Å². The summed E-state index contributed by atoms with van der Waals surface area (Å²) in [6.45, 7) is 0. The van der Waals surface area contributed by atoms with Crippen molar-refractivity contribution in [2.45, 2.75) is 4.90 Å². The Kier molecular flexibility index (Phi) is 3.10. The average molecular weight is 364 g/mol. The van der Waals surface area contributed by atoms with E-state index in [1.54, 1.807) is 24.5 Å². The monoisotopic (exact) mass is 364 g/mol. The second kappa shape index (κ2) is 4.27. The van der Waals surface area contributed by atoms with Crippen LogP contribution in [0.1, 0.15) is 0 Å². The molecule has 0 bridgehead atoms.